The van der Waals surface area contributed by atoms with Gasteiger partial charge in [0.2, 0.25) is 0 Å². The summed E-state index contributed by atoms with van der Waals surface area (Å²) in [5.41, 5.74) is -0.245. The number of hydrogen-bond acceptors (Lipinski definition) is 2. The molecule has 2 atom stereocenters. The first-order chi connectivity index (χ1) is 8.45. The third-order valence-corrected chi connectivity index (χ3v) is 3.26. The van der Waals surface area contributed by atoms with Crippen molar-refractivity contribution in [2.75, 3.05) is 5.32 Å². The van der Waals surface area contributed by atoms with Gasteiger partial charge in [-0.25, -0.2) is 0 Å². The highest BCUT2D eigenvalue weighted by atomic mass is 19.4. The van der Waals surface area contributed by atoms with Crippen LogP contribution >= 0.6 is 0 Å². The fourth-order valence-corrected chi connectivity index (χ4v) is 2.01. The summed E-state index contributed by atoms with van der Waals surface area (Å²) in [5.74, 6) is 0.568. The third kappa shape index (κ3) is 2.58. The normalized spacial score (nSPS) is 22.4. The largest absolute Gasteiger partial charge is 0.416 e. The van der Waals surface area contributed by atoms with Gasteiger partial charge in [-0.15, -0.1) is 0 Å². The lowest BCUT2D eigenvalue weighted by Gasteiger charge is -2.11. The molecule has 18 heavy (non-hydrogen) atoms. The Hall–Kier alpha value is -1.70. The molecule has 1 aromatic carbocycles. The molecule has 1 aliphatic carbocycles. The van der Waals surface area contributed by atoms with Crippen LogP contribution in [0.25, 0.3) is 0 Å². The van der Waals surface area contributed by atoms with Crippen molar-refractivity contribution in [2.45, 2.75) is 32.0 Å². The zero-order chi connectivity index (χ0) is 13.3. The average Bonchev–Trinajstić information content (AvgIpc) is 3.06. The van der Waals surface area contributed by atoms with Crippen LogP contribution < -0.4 is 5.32 Å². The monoisotopic (exact) mass is 254 g/mol. The maximum Gasteiger partial charge on any atom is 0.416 e. The smallest absolute Gasteiger partial charge is 0.381 e. The summed E-state index contributed by atoms with van der Waals surface area (Å²) in [4.78, 5) is 0. The van der Waals surface area contributed by atoms with Crippen molar-refractivity contribution in [2.24, 2.45) is 5.92 Å². The summed E-state index contributed by atoms with van der Waals surface area (Å²) < 4.78 is 37.5. The molecule has 1 N–H and O–H groups in total. The molecular formula is C13H13F3N2. The molecule has 2 nitrogen and oxygen atoms in total. The van der Waals surface area contributed by atoms with Crippen LogP contribution in [0.1, 0.15) is 30.9 Å². The van der Waals surface area contributed by atoms with E-state index >= 15 is 0 Å². The van der Waals surface area contributed by atoms with Gasteiger partial charge in [0, 0.05) is 6.04 Å². The van der Waals surface area contributed by atoms with Crippen molar-refractivity contribution >= 4 is 5.69 Å². The lowest BCUT2D eigenvalue weighted by molar-refractivity contribution is -0.137. The molecule has 96 valence electrons. The van der Waals surface area contributed by atoms with Crippen LogP contribution in [-0.4, -0.2) is 6.04 Å². The molecule has 0 aromatic heterocycles. The molecule has 5 heteroatoms. The summed E-state index contributed by atoms with van der Waals surface area (Å²) in [7, 11) is 0. The fourth-order valence-electron chi connectivity index (χ4n) is 2.01. The zero-order valence-electron chi connectivity index (χ0n) is 9.88. The molecule has 1 saturated carbocycles. The van der Waals surface area contributed by atoms with E-state index in [-0.39, 0.29) is 5.56 Å². The van der Waals surface area contributed by atoms with Crippen LogP contribution in [-0.2, 0) is 6.18 Å². The number of nitrogens with zero attached hydrogens (tertiary/aromatic N) is 1. The lowest BCUT2D eigenvalue weighted by Crippen LogP contribution is -2.09. The third-order valence-electron chi connectivity index (χ3n) is 3.26. The van der Waals surface area contributed by atoms with Gasteiger partial charge in [-0.1, -0.05) is 13.3 Å². The first-order valence-corrected chi connectivity index (χ1v) is 5.83. The minimum atomic E-state index is -4.41. The van der Waals surface area contributed by atoms with Crippen molar-refractivity contribution in [3.8, 4) is 6.07 Å². The first kappa shape index (κ1) is 12.7. The second kappa shape index (κ2) is 4.52. The predicted octanol–water partition coefficient (Wildman–Crippen LogP) is 3.79. The van der Waals surface area contributed by atoms with E-state index in [1.807, 2.05) is 6.07 Å². The van der Waals surface area contributed by atoms with E-state index in [9.17, 15) is 13.2 Å². The maximum absolute atomic E-state index is 12.5. The van der Waals surface area contributed by atoms with Crippen LogP contribution in [0, 0.1) is 17.2 Å². The molecule has 1 aromatic rings. The fraction of sp³-hybridized carbons (Fsp3) is 0.462. The van der Waals surface area contributed by atoms with Crippen molar-refractivity contribution in [3.05, 3.63) is 29.3 Å². The van der Waals surface area contributed by atoms with E-state index < -0.39 is 11.7 Å². The summed E-state index contributed by atoms with van der Waals surface area (Å²) in [6, 6.07) is 5.34. The standard InChI is InChI=1S/C13H13F3N2/c1-2-8-6-12(8)18-11-4-3-10(13(14,15)16)5-9(11)7-17/h3-5,8,12,18H,2,6H2,1H3. The van der Waals surface area contributed by atoms with Crippen LogP contribution in [0.4, 0.5) is 18.9 Å². The molecule has 0 aliphatic heterocycles. The molecule has 0 spiro atoms. The predicted molar refractivity (Wildman–Crippen MR) is 62.0 cm³/mol. The highest BCUT2D eigenvalue weighted by Crippen LogP contribution is 2.38. The number of hydrogen-bond donors (Lipinski definition) is 1. The van der Waals surface area contributed by atoms with Crippen LogP contribution in [0.5, 0.6) is 0 Å². The zero-order valence-corrected chi connectivity index (χ0v) is 9.88. The van der Waals surface area contributed by atoms with Crippen LogP contribution in [0.15, 0.2) is 18.2 Å². The number of benzene rings is 1. The molecule has 0 radical (unpaired) electrons. The van der Waals surface area contributed by atoms with Gasteiger partial charge >= 0.3 is 6.18 Å². The number of nitrogens with one attached hydrogen (secondary N) is 1. The van der Waals surface area contributed by atoms with Gasteiger partial charge in [-0.3, -0.25) is 0 Å². The minimum Gasteiger partial charge on any atom is -0.381 e. The van der Waals surface area contributed by atoms with Crippen molar-refractivity contribution < 1.29 is 13.2 Å². The van der Waals surface area contributed by atoms with Gasteiger partial charge in [-0.05, 0) is 30.5 Å². The lowest BCUT2D eigenvalue weighted by atomic mass is 10.1. The molecule has 0 amide bonds. The van der Waals surface area contributed by atoms with Gasteiger partial charge in [0.25, 0.3) is 0 Å². The Morgan fingerprint density at radius 3 is 2.67 bits per heavy atom. The minimum absolute atomic E-state index is 0.0478. The summed E-state index contributed by atoms with van der Waals surface area (Å²) in [6.45, 7) is 2.07. The number of alkyl halides is 3. The average molecular weight is 254 g/mol. The number of halogens is 3. The summed E-state index contributed by atoms with van der Waals surface area (Å²) in [5, 5.41) is 12.0. The van der Waals surface area contributed by atoms with Gasteiger partial charge in [0.05, 0.1) is 16.8 Å². The molecule has 2 unspecified atom stereocenters. The van der Waals surface area contributed by atoms with Gasteiger partial charge in [-0.2, -0.15) is 18.4 Å². The SMILES string of the molecule is CCC1CC1Nc1ccc(C(F)(F)F)cc1C#N. The highest BCUT2D eigenvalue weighted by Gasteiger charge is 2.36. The molecule has 0 heterocycles. The van der Waals surface area contributed by atoms with Crippen LogP contribution in [0.3, 0.4) is 0 Å². The Balaban J connectivity index is 2.20. The second-order valence-electron chi connectivity index (χ2n) is 4.52. The van der Waals surface area contributed by atoms with Crippen molar-refractivity contribution in [3.63, 3.8) is 0 Å². The van der Waals surface area contributed by atoms with Crippen LogP contribution in [0.2, 0.25) is 0 Å². The van der Waals surface area contributed by atoms with E-state index in [1.165, 1.54) is 6.07 Å². The quantitative estimate of drug-likeness (QED) is 0.890. The number of anilines is 1. The molecule has 1 aliphatic rings. The Morgan fingerprint density at radius 2 is 2.17 bits per heavy atom. The Labute approximate surface area is 103 Å². The molecule has 0 bridgehead atoms. The Bertz CT molecular complexity index is 488. The van der Waals surface area contributed by atoms with E-state index in [2.05, 4.69) is 12.2 Å². The Kier molecular flexibility index (Phi) is 3.20. The van der Waals surface area contributed by atoms with E-state index in [4.69, 9.17) is 5.26 Å². The summed E-state index contributed by atoms with van der Waals surface area (Å²) in [6.07, 6.45) is -2.35. The maximum atomic E-state index is 12.5. The second-order valence-corrected chi connectivity index (χ2v) is 4.52. The van der Waals surface area contributed by atoms with E-state index in [0.29, 0.717) is 17.6 Å². The molecule has 1 fully saturated rings. The number of nitriles is 1. The molecule has 0 saturated heterocycles. The highest BCUT2D eigenvalue weighted by molar-refractivity contribution is 5.60. The van der Waals surface area contributed by atoms with E-state index in [1.54, 1.807) is 0 Å². The van der Waals surface area contributed by atoms with Gasteiger partial charge in [0.1, 0.15) is 6.07 Å². The van der Waals surface area contributed by atoms with Gasteiger partial charge < -0.3 is 5.32 Å². The first-order valence-electron chi connectivity index (χ1n) is 5.83. The Morgan fingerprint density at radius 1 is 1.44 bits per heavy atom. The molecule has 2 rings (SSSR count). The summed E-state index contributed by atoms with van der Waals surface area (Å²) >= 11 is 0. The number of rotatable bonds is 3. The van der Waals surface area contributed by atoms with Gasteiger partial charge in [0.15, 0.2) is 0 Å². The molecular weight excluding hydrogens is 241 g/mol. The van der Waals surface area contributed by atoms with E-state index in [0.717, 1.165) is 25.0 Å². The topological polar surface area (TPSA) is 35.8 Å². The van der Waals surface area contributed by atoms with Crippen molar-refractivity contribution in [1.29, 1.82) is 5.26 Å². The van der Waals surface area contributed by atoms with Crippen molar-refractivity contribution in [1.82, 2.24) is 0 Å².